The predicted molar refractivity (Wildman–Crippen MR) is 78.7 cm³/mol. The number of H-pyrrole nitrogens is 1. The normalized spacial score (nSPS) is 18.7. The first-order valence-electron chi connectivity index (χ1n) is 7.48. The van der Waals surface area contributed by atoms with Crippen LogP contribution in [0.3, 0.4) is 0 Å². The Bertz CT molecular complexity index is 601. The van der Waals surface area contributed by atoms with Gasteiger partial charge in [-0.15, -0.1) is 0 Å². The van der Waals surface area contributed by atoms with Gasteiger partial charge in [0.15, 0.2) is 5.65 Å². The van der Waals surface area contributed by atoms with E-state index in [9.17, 15) is 0 Å². The first-order valence-corrected chi connectivity index (χ1v) is 7.48. The fourth-order valence-electron chi connectivity index (χ4n) is 3.06. The minimum absolute atomic E-state index is 0.624. The zero-order valence-electron chi connectivity index (χ0n) is 11.7. The zero-order valence-corrected chi connectivity index (χ0v) is 11.7. The minimum Gasteiger partial charge on any atom is -0.369 e. The highest BCUT2D eigenvalue weighted by molar-refractivity contribution is 5.86. The van der Waals surface area contributed by atoms with Crippen molar-refractivity contribution in [1.82, 2.24) is 20.2 Å². The van der Waals surface area contributed by atoms with Gasteiger partial charge in [-0.25, -0.2) is 0 Å². The topological polar surface area (TPSA) is 78.5 Å². The molecule has 106 valence electrons. The van der Waals surface area contributed by atoms with Crippen LogP contribution in [0.2, 0.25) is 0 Å². The first kappa shape index (κ1) is 11.9. The SMILES string of the molecule is CNc1nc(NCC(C2CC2)C2CC2)c2cn[nH]c2n1. The molecule has 0 saturated heterocycles. The lowest BCUT2D eigenvalue weighted by atomic mass is 9.98. The molecule has 2 saturated carbocycles. The van der Waals surface area contributed by atoms with Crippen LogP contribution < -0.4 is 10.6 Å². The van der Waals surface area contributed by atoms with Crippen LogP contribution in [0.4, 0.5) is 11.8 Å². The van der Waals surface area contributed by atoms with E-state index in [0.29, 0.717) is 5.95 Å². The highest BCUT2D eigenvalue weighted by Gasteiger charge is 2.41. The van der Waals surface area contributed by atoms with E-state index >= 15 is 0 Å². The van der Waals surface area contributed by atoms with E-state index < -0.39 is 0 Å². The molecule has 0 amide bonds. The molecule has 20 heavy (non-hydrogen) atoms. The molecule has 0 atom stereocenters. The van der Waals surface area contributed by atoms with Gasteiger partial charge in [-0.2, -0.15) is 15.1 Å². The lowest BCUT2D eigenvalue weighted by Crippen LogP contribution is -2.19. The molecule has 3 N–H and O–H groups in total. The summed E-state index contributed by atoms with van der Waals surface area (Å²) in [5, 5.41) is 14.5. The second-order valence-corrected chi connectivity index (χ2v) is 6.00. The van der Waals surface area contributed by atoms with E-state index in [1.165, 1.54) is 25.7 Å². The van der Waals surface area contributed by atoms with Gasteiger partial charge in [0.1, 0.15) is 5.82 Å². The number of hydrogen-bond acceptors (Lipinski definition) is 5. The van der Waals surface area contributed by atoms with Gasteiger partial charge in [0.2, 0.25) is 5.95 Å². The second kappa shape index (κ2) is 4.61. The number of aromatic nitrogens is 4. The molecule has 0 aromatic carbocycles. The van der Waals surface area contributed by atoms with Gasteiger partial charge in [0.05, 0.1) is 11.6 Å². The van der Waals surface area contributed by atoms with Gasteiger partial charge in [-0.05, 0) is 43.4 Å². The van der Waals surface area contributed by atoms with E-state index in [4.69, 9.17) is 0 Å². The molecular weight excluding hydrogens is 252 g/mol. The fourth-order valence-corrected chi connectivity index (χ4v) is 3.06. The molecule has 0 bridgehead atoms. The zero-order chi connectivity index (χ0) is 13.5. The standard InChI is InChI=1S/C14H20N6/c1-15-14-18-12(11-7-17-20-13(11)19-14)16-6-10(8-2-3-8)9-4-5-9/h7-10H,2-6H2,1H3,(H3,15,16,17,18,19,20). The molecule has 0 aliphatic heterocycles. The van der Waals surface area contributed by atoms with Crippen molar-refractivity contribution in [2.75, 3.05) is 24.2 Å². The predicted octanol–water partition coefficient (Wildman–Crippen LogP) is 2.24. The van der Waals surface area contributed by atoms with Crippen LogP contribution >= 0.6 is 0 Å². The molecule has 2 aromatic heterocycles. The average molecular weight is 272 g/mol. The van der Waals surface area contributed by atoms with E-state index in [0.717, 1.165) is 41.1 Å². The van der Waals surface area contributed by atoms with Crippen LogP contribution in [0.1, 0.15) is 25.7 Å². The number of nitrogens with zero attached hydrogens (tertiary/aromatic N) is 3. The third-order valence-corrected chi connectivity index (χ3v) is 4.49. The number of hydrogen-bond donors (Lipinski definition) is 3. The summed E-state index contributed by atoms with van der Waals surface area (Å²) < 4.78 is 0. The van der Waals surface area contributed by atoms with Crippen molar-refractivity contribution in [3.05, 3.63) is 6.20 Å². The molecule has 2 aliphatic rings. The van der Waals surface area contributed by atoms with Crippen molar-refractivity contribution in [3.63, 3.8) is 0 Å². The fraction of sp³-hybridized carbons (Fsp3) is 0.643. The van der Waals surface area contributed by atoms with E-state index in [1.807, 2.05) is 7.05 Å². The van der Waals surface area contributed by atoms with Crippen molar-refractivity contribution in [2.24, 2.45) is 17.8 Å². The summed E-state index contributed by atoms with van der Waals surface area (Å²) in [6.07, 6.45) is 7.44. The molecule has 6 nitrogen and oxygen atoms in total. The maximum Gasteiger partial charge on any atom is 0.226 e. The molecule has 2 fully saturated rings. The van der Waals surface area contributed by atoms with E-state index in [2.05, 4.69) is 30.8 Å². The van der Waals surface area contributed by atoms with Gasteiger partial charge >= 0.3 is 0 Å². The highest BCUT2D eigenvalue weighted by atomic mass is 15.2. The Labute approximate surface area is 117 Å². The van der Waals surface area contributed by atoms with Crippen LogP contribution in [-0.2, 0) is 0 Å². The molecule has 2 aromatic rings. The van der Waals surface area contributed by atoms with Gasteiger partial charge in [0.25, 0.3) is 0 Å². The monoisotopic (exact) mass is 272 g/mol. The third-order valence-electron chi connectivity index (χ3n) is 4.49. The number of rotatable bonds is 6. The van der Waals surface area contributed by atoms with Crippen LogP contribution in [0.25, 0.3) is 11.0 Å². The lowest BCUT2D eigenvalue weighted by molar-refractivity contribution is 0.428. The van der Waals surface area contributed by atoms with Gasteiger partial charge in [0, 0.05) is 13.6 Å². The van der Waals surface area contributed by atoms with Crippen LogP contribution in [0.5, 0.6) is 0 Å². The lowest BCUT2D eigenvalue weighted by Gasteiger charge is -2.17. The van der Waals surface area contributed by atoms with Crippen molar-refractivity contribution >= 4 is 22.8 Å². The number of anilines is 2. The molecule has 0 spiro atoms. The summed E-state index contributed by atoms with van der Waals surface area (Å²) in [6.45, 7) is 1.02. The first-order chi connectivity index (χ1) is 9.85. The Hall–Kier alpha value is -1.85. The second-order valence-electron chi connectivity index (χ2n) is 6.00. The average Bonchev–Trinajstić information content (AvgIpc) is 3.38. The number of fused-ring (bicyclic) bond motifs is 1. The Morgan fingerprint density at radius 3 is 2.65 bits per heavy atom. The van der Waals surface area contributed by atoms with E-state index in [-0.39, 0.29) is 0 Å². The van der Waals surface area contributed by atoms with Crippen molar-refractivity contribution in [1.29, 1.82) is 0 Å². The molecule has 6 heteroatoms. The Morgan fingerprint density at radius 1 is 1.25 bits per heavy atom. The summed E-state index contributed by atoms with van der Waals surface area (Å²) in [5.74, 6) is 4.23. The van der Waals surface area contributed by atoms with Crippen molar-refractivity contribution < 1.29 is 0 Å². The largest absolute Gasteiger partial charge is 0.369 e. The van der Waals surface area contributed by atoms with E-state index in [1.54, 1.807) is 6.20 Å². The van der Waals surface area contributed by atoms with Crippen LogP contribution in [0, 0.1) is 17.8 Å². The Kier molecular flexibility index (Phi) is 2.75. The van der Waals surface area contributed by atoms with Gasteiger partial charge in [-0.1, -0.05) is 0 Å². The Balaban J connectivity index is 1.56. The molecular formula is C14H20N6. The maximum atomic E-state index is 4.53. The minimum atomic E-state index is 0.624. The summed E-state index contributed by atoms with van der Waals surface area (Å²) in [5.41, 5.74) is 0.779. The Morgan fingerprint density at radius 2 is 2.00 bits per heavy atom. The smallest absolute Gasteiger partial charge is 0.226 e. The number of nitrogens with one attached hydrogen (secondary N) is 3. The summed E-state index contributed by atoms with van der Waals surface area (Å²) in [6, 6.07) is 0. The third kappa shape index (κ3) is 2.19. The summed E-state index contributed by atoms with van der Waals surface area (Å²) in [7, 11) is 1.83. The van der Waals surface area contributed by atoms with Gasteiger partial charge < -0.3 is 10.6 Å². The van der Waals surface area contributed by atoms with Crippen LogP contribution in [0.15, 0.2) is 6.20 Å². The molecule has 2 heterocycles. The molecule has 0 radical (unpaired) electrons. The maximum absolute atomic E-state index is 4.53. The molecule has 2 aliphatic carbocycles. The quantitative estimate of drug-likeness (QED) is 0.751. The van der Waals surface area contributed by atoms with Crippen molar-refractivity contribution in [3.8, 4) is 0 Å². The summed E-state index contributed by atoms with van der Waals surface area (Å²) in [4.78, 5) is 8.89. The van der Waals surface area contributed by atoms with Crippen molar-refractivity contribution in [2.45, 2.75) is 25.7 Å². The highest BCUT2D eigenvalue weighted by Crippen LogP contribution is 2.49. The molecule has 0 unspecified atom stereocenters. The summed E-state index contributed by atoms with van der Waals surface area (Å²) >= 11 is 0. The number of aromatic amines is 1. The van der Waals surface area contributed by atoms with Crippen LogP contribution in [-0.4, -0.2) is 33.8 Å². The van der Waals surface area contributed by atoms with Gasteiger partial charge in [-0.3, -0.25) is 5.10 Å². The molecule has 4 rings (SSSR count).